The summed E-state index contributed by atoms with van der Waals surface area (Å²) < 4.78 is 5.54. The largest absolute Gasteiger partial charge is 0.423 e. The van der Waals surface area contributed by atoms with Gasteiger partial charge in [-0.05, 0) is 17.5 Å². The lowest BCUT2D eigenvalue weighted by Gasteiger charge is -2.17. The number of nitrogens with zero attached hydrogens (tertiary/aromatic N) is 1. The summed E-state index contributed by atoms with van der Waals surface area (Å²) in [6.45, 7) is 7.28. The van der Waals surface area contributed by atoms with Crippen molar-refractivity contribution in [3.05, 3.63) is 18.2 Å². The van der Waals surface area contributed by atoms with Gasteiger partial charge in [0.05, 0.1) is 0 Å². The maximum Gasteiger partial charge on any atom is 0.295 e. The van der Waals surface area contributed by atoms with Gasteiger partial charge in [-0.1, -0.05) is 20.8 Å². The van der Waals surface area contributed by atoms with Crippen LogP contribution in [0.5, 0.6) is 0 Å². The minimum absolute atomic E-state index is 0.194. The number of rotatable bonds is 2. The summed E-state index contributed by atoms with van der Waals surface area (Å²) in [4.78, 5) is 4.32. The number of benzene rings is 1. The first-order valence-electron chi connectivity index (χ1n) is 5.34. The van der Waals surface area contributed by atoms with E-state index in [4.69, 9.17) is 10.2 Å². The molecule has 0 aliphatic carbocycles. The molecule has 86 valence electrons. The van der Waals surface area contributed by atoms with E-state index in [2.05, 4.69) is 31.1 Å². The molecule has 0 saturated heterocycles. The molecule has 0 saturated carbocycles. The molecule has 2 rings (SSSR count). The standard InChI is InChI=1S/C12H17N3O/c1-12(2,3)7-14-11-15-9-5-4-8(13)6-10(9)16-11/h4-6H,7,13H2,1-3H3,(H,14,15). The van der Waals surface area contributed by atoms with Gasteiger partial charge in [0.2, 0.25) is 0 Å². The van der Waals surface area contributed by atoms with Crippen LogP contribution in [0.1, 0.15) is 20.8 Å². The SMILES string of the molecule is CC(C)(C)CNc1nc2ccc(N)cc2o1. The minimum Gasteiger partial charge on any atom is -0.423 e. The average Bonchev–Trinajstić information content (AvgIpc) is 2.55. The summed E-state index contributed by atoms with van der Waals surface area (Å²) in [7, 11) is 0. The summed E-state index contributed by atoms with van der Waals surface area (Å²) >= 11 is 0. The van der Waals surface area contributed by atoms with Crippen LogP contribution < -0.4 is 11.1 Å². The van der Waals surface area contributed by atoms with Crippen molar-refractivity contribution in [3.63, 3.8) is 0 Å². The zero-order valence-corrected chi connectivity index (χ0v) is 9.87. The smallest absolute Gasteiger partial charge is 0.295 e. The highest BCUT2D eigenvalue weighted by molar-refractivity contribution is 5.78. The van der Waals surface area contributed by atoms with Crippen molar-refractivity contribution in [1.29, 1.82) is 0 Å². The average molecular weight is 219 g/mol. The Bertz CT molecular complexity index is 496. The van der Waals surface area contributed by atoms with E-state index in [9.17, 15) is 0 Å². The molecule has 4 nitrogen and oxygen atoms in total. The Balaban J connectivity index is 2.20. The number of aromatic nitrogens is 1. The second kappa shape index (κ2) is 3.70. The van der Waals surface area contributed by atoms with Crippen molar-refractivity contribution in [3.8, 4) is 0 Å². The molecule has 0 spiro atoms. The molecule has 3 N–H and O–H groups in total. The Morgan fingerprint density at radius 3 is 2.81 bits per heavy atom. The molecular weight excluding hydrogens is 202 g/mol. The molecule has 0 radical (unpaired) electrons. The van der Waals surface area contributed by atoms with Crippen LogP contribution in [0.4, 0.5) is 11.7 Å². The van der Waals surface area contributed by atoms with Gasteiger partial charge in [-0.15, -0.1) is 0 Å². The quantitative estimate of drug-likeness (QED) is 0.762. The normalized spacial score (nSPS) is 11.9. The summed E-state index contributed by atoms with van der Waals surface area (Å²) in [6.07, 6.45) is 0. The number of nitrogens with one attached hydrogen (secondary N) is 1. The van der Waals surface area contributed by atoms with E-state index in [0.717, 1.165) is 17.6 Å². The van der Waals surface area contributed by atoms with E-state index in [0.29, 0.717) is 11.7 Å². The molecule has 0 amide bonds. The van der Waals surface area contributed by atoms with Crippen molar-refractivity contribution < 1.29 is 4.42 Å². The van der Waals surface area contributed by atoms with Crippen LogP contribution in [-0.4, -0.2) is 11.5 Å². The first kappa shape index (κ1) is 10.8. The van der Waals surface area contributed by atoms with E-state index in [1.165, 1.54) is 0 Å². The molecule has 0 fully saturated rings. The van der Waals surface area contributed by atoms with E-state index in [1.807, 2.05) is 12.1 Å². The van der Waals surface area contributed by atoms with Crippen LogP contribution in [-0.2, 0) is 0 Å². The number of nitrogen functional groups attached to an aromatic ring is 1. The van der Waals surface area contributed by atoms with E-state index in [1.54, 1.807) is 6.07 Å². The molecule has 16 heavy (non-hydrogen) atoms. The number of hydrogen-bond acceptors (Lipinski definition) is 4. The Labute approximate surface area is 94.8 Å². The zero-order valence-electron chi connectivity index (χ0n) is 9.87. The highest BCUT2D eigenvalue weighted by Crippen LogP contribution is 2.22. The van der Waals surface area contributed by atoms with Gasteiger partial charge in [-0.25, -0.2) is 0 Å². The van der Waals surface area contributed by atoms with Gasteiger partial charge in [0.25, 0.3) is 6.01 Å². The van der Waals surface area contributed by atoms with E-state index < -0.39 is 0 Å². The maximum absolute atomic E-state index is 5.67. The lowest BCUT2D eigenvalue weighted by molar-refractivity contribution is 0.435. The molecule has 2 aromatic rings. The molecule has 1 aromatic heterocycles. The highest BCUT2D eigenvalue weighted by Gasteiger charge is 2.12. The lowest BCUT2D eigenvalue weighted by atomic mass is 9.97. The fraction of sp³-hybridized carbons (Fsp3) is 0.417. The Morgan fingerprint density at radius 1 is 1.38 bits per heavy atom. The molecule has 0 atom stereocenters. The fourth-order valence-electron chi connectivity index (χ4n) is 1.36. The summed E-state index contributed by atoms with van der Waals surface area (Å²) in [5, 5.41) is 3.17. The first-order chi connectivity index (χ1) is 7.44. The third-order valence-corrected chi connectivity index (χ3v) is 2.18. The van der Waals surface area contributed by atoms with E-state index >= 15 is 0 Å². The molecule has 0 aliphatic heterocycles. The Hall–Kier alpha value is -1.71. The van der Waals surface area contributed by atoms with Crippen LogP contribution in [0.3, 0.4) is 0 Å². The van der Waals surface area contributed by atoms with Crippen molar-refractivity contribution in [2.45, 2.75) is 20.8 Å². The zero-order chi connectivity index (χ0) is 11.8. The van der Waals surface area contributed by atoms with Gasteiger partial charge in [0.1, 0.15) is 5.52 Å². The Morgan fingerprint density at radius 2 is 2.12 bits per heavy atom. The third-order valence-electron chi connectivity index (χ3n) is 2.18. The first-order valence-corrected chi connectivity index (χ1v) is 5.34. The summed E-state index contributed by atoms with van der Waals surface area (Å²) in [5.41, 5.74) is 8.09. The third kappa shape index (κ3) is 2.45. The van der Waals surface area contributed by atoms with Gasteiger partial charge in [0, 0.05) is 18.3 Å². The van der Waals surface area contributed by atoms with Gasteiger partial charge in [-0.2, -0.15) is 4.98 Å². The van der Waals surface area contributed by atoms with Crippen LogP contribution in [0.2, 0.25) is 0 Å². The van der Waals surface area contributed by atoms with Crippen molar-refractivity contribution in [2.24, 2.45) is 5.41 Å². The number of hydrogen-bond donors (Lipinski definition) is 2. The van der Waals surface area contributed by atoms with Gasteiger partial charge in [-0.3, -0.25) is 0 Å². The number of oxazole rings is 1. The van der Waals surface area contributed by atoms with Crippen LogP contribution >= 0.6 is 0 Å². The molecule has 0 unspecified atom stereocenters. The predicted molar refractivity (Wildman–Crippen MR) is 66.4 cm³/mol. The second-order valence-corrected chi connectivity index (χ2v) is 5.16. The topological polar surface area (TPSA) is 64.1 Å². The van der Waals surface area contributed by atoms with E-state index in [-0.39, 0.29) is 5.41 Å². The minimum atomic E-state index is 0.194. The number of anilines is 2. The summed E-state index contributed by atoms with van der Waals surface area (Å²) in [5.74, 6) is 0. The predicted octanol–water partition coefficient (Wildman–Crippen LogP) is 2.87. The Kier molecular flexibility index (Phi) is 2.50. The van der Waals surface area contributed by atoms with Gasteiger partial charge >= 0.3 is 0 Å². The number of nitrogens with two attached hydrogens (primary N) is 1. The maximum atomic E-state index is 5.67. The van der Waals surface area contributed by atoms with Crippen LogP contribution in [0, 0.1) is 5.41 Å². The van der Waals surface area contributed by atoms with Crippen LogP contribution in [0.25, 0.3) is 11.1 Å². The molecule has 1 aromatic carbocycles. The molecule has 1 heterocycles. The second-order valence-electron chi connectivity index (χ2n) is 5.16. The van der Waals surface area contributed by atoms with Gasteiger partial charge in [0.15, 0.2) is 5.58 Å². The number of fused-ring (bicyclic) bond motifs is 1. The van der Waals surface area contributed by atoms with Crippen molar-refractivity contribution >= 4 is 22.8 Å². The molecule has 0 bridgehead atoms. The molecule has 0 aliphatic rings. The molecular formula is C12H17N3O. The summed E-state index contributed by atoms with van der Waals surface area (Å²) in [6, 6.07) is 6.01. The highest BCUT2D eigenvalue weighted by atomic mass is 16.4. The van der Waals surface area contributed by atoms with Gasteiger partial charge < -0.3 is 15.5 Å². The molecule has 4 heteroatoms. The van der Waals surface area contributed by atoms with Crippen LogP contribution in [0.15, 0.2) is 22.6 Å². The fourth-order valence-corrected chi connectivity index (χ4v) is 1.36. The monoisotopic (exact) mass is 219 g/mol. The van der Waals surface area contributed by atoms with Crippen molar-refractivity contribution in [1.82, 2.24) is 4.98 Å². The van der Waals surface area contributed by atoms with Crippen molar-refractivity contribution in [2.75, 3.05) is 17.6 Å². The lowest BCUT2D eigenvalue weighted by Crippen LogP contribution is -2.19.